The van der Waals surface area contributed by atoms with Gasteiger partial charge in [-0.1, -0.05) is 29.8 Å². The Kier molecular flexibility index (Phi) is 5.36. The Bertz CT molecular complexity index is 952. The Hall–Kier alpha value is -2.44. The molecular formula is C20H19ClN4OS. The van der Waals surface area contributed by atoms with Gasteiger partial charge in [0, 0.05) is 41.8 Å². The molecule has 3 aromatic rings. The zero-order chi connectivity index (χ0) is 18.6. The van der Waals surface area contributed by atoms with Gasteiger partial charge in [-0.3, -0.25) is 4.79 Å². The Morgan fingerprint density at radius 1 is 1.22 bits per heavy atom. The van der Waals surface area contributed by atoms with Crippen molar-refractivity contribution in [2.45, 2.75) is 19.4 Å². The molecule has 1 amide bonds. The number of hydrogen-bond acceptors (Lipinski definition) is 5. The van der Waals surface area contributed by atoms with Crippen molar-refractivity contribution in [3.63, 3.8) is 0 Å². The number of anilines is 1. The lowest BCUT2D eigenvalue weighted by Crippen LogP contribution is -2.23. The molecule has 0 spiro atoms. The van der Waals surface area contributed by atoms with E-state index in [-0.39, 0.29) is 5.91 Å². The van der Waals surface area contributed by atoms with E-state index in [1.807, 2.05) is 36.5 Å². The summed E-state index contributed by atoms with van der Waals surface area (Å²) in [4.78, 5) is 23.7. The number of amides is 1. The van der Waals surface area contributed by atoms with Crippen LogP contribution in [0.15, 0.2) is 48.0 Å². The topological polar surface area (TPSA) is 58.1 Å². The molecule has 2 aromatic heterocycles. The van der Waals surface area contributed by atoms with E-state index in [2.05, 4.69) is 26.3 Å². The van der Waals surface area contributed by atoms with E-state index in [9.17, 15) is 4.79 Å². The highest BCUT2D eigenvalue weighted by Crippen LogP contribution is 2.27. The molecule has 0 aliphatic carbocycles. The highest BCUT2D eigenvalue weighted by atomic mass is 35.5. The molecule has 4 rings (SSSR count). The van der Waals surface area contributed by atoms with E-state index in [0.29, 0.717) is 17.3 Å². The smallest absolute Gasteiger partial charge is 0.271 e. The van der Waals surface area contributed by atoms with Gasteiger partial charge in [0.25, 0.3) is 5.91 Å². The number of hydrogen-bond donors (Lipinski definition) is 1. The lowest BCUT2D eigenvalue weighted by Gasteiger charge is -2.16. The maximum Gasteiger partial charge on any atom is 0.271 e. The van der Waals surface area contributed by atoms with Crippen molar-refractivity contribution >= 4 is 34.7 Å². The zero-order valence-corrected chi connectivity index (χ0v) is 16.3. The first-order chi connectivity index (χ1) is 13.2. The fraction of sp³-hybridized carbons (Fsp3) is 0.250. The number of thiazole rings is 1. The lowest BCUT2D eigenvalue weighted by molar-refractivity contribution is 0.0946. The minimum absolute atomic E-state index is 0.203. The molecule has 0 saturated carbocycles. The van der Waals surface area contributed by atoms with Gasteiger partial charge in [-0.2, -0.15) is 0 Å². The Morgan fingerprint density at radius 2 is 2.04 bits per heavy atom. The molecule has 3 heterocycles. The van der Waals surface area contributed by atoms with Crippen LogP contribution in [0.2, 0.25) is 5.02 Å². The molecule has 1 saturated heterocycles. The SMILES string of the molecule is O=C(NCc1ccccc1Cl)c1csc(-c2ccnc(N3CCCC3)c2)n1. The minimum atomic E-state index is -0.203. The first-order valence-electron chi connectivity index (χ1n) is 8.89. The van der Waals surface area contributed by atoms with E-state index in [1.165, 1.54) is 24.2 Å². The predicted octanol–water partition coefficient (Wildman–Crippen LogP) is 4.39. The first kappa shape index (κ1) is 17.9. The van der Waals surface area contributed by atoms with Crippen LogP contribution in [0.5, 0.6) is 0 Å². The second-order valence-corrected chi connectivity index (χ2v) is 7.67. The molecule has 0 atom stereocenters. The summed E-state index contributed by atoms with van der Waals surface area (Å²) in [6.07, 6.45) is 4.22. The highest BCUT2D eigenvalue weighted by molar-refractivity contribution is 7.13. The summed E-state index contributed by atoms with van der Waals surface area (Å²) in [6.45, 7) is 2.47. The van der Waals surface area contributed by atoms with E-state index in [0.717, 1.165) is 35.0 Å². The molecule has 5 nitrogen and oxygen atoms in total. The Balaban J connectivity index is 1.46. The number of carbonyl (C=O) groups excluding carboxylic acids is 1. The normalized spacial score (nSPS) is 13.7. The van der Waals surface area contributed by atoms with Gasteiger partial charge in [-0.05, 0) is 36.6 Å². The van der Waals surface area contributed by atoms with Crippen LogP contribution in [0.4, 0.5) is 5.82 Å². The van der Waals surface area contributed by atoms with Gasteiger partial charge in [-0.25, -0.2) is 9.97 Å². The fourth-order valence-corrected chi connectivity index (χ4v) is 4.09. The monoisotopic (exact) mass is 398 g/mol. The van der Waals surface area contributed by atoms with Gasteiger partial charge in [0.15, 0.2) is 0 Å². The number of aromatic nitrogens is 2. The summed E-state index contributed by atoms with van der Waals surface area (Å²) in [7, 11) is 0. The molecule has 0 radical (unpaired) electrons. The first-order valence-corrected chi connectivity index (χ1v) is 10.1. The van der Waals surface area contributed by atoms with Gasteiger partial charge in [0.2, 0.25) is 0 Å². The van der Waals surface area contributed by atoms with Crippen molar-refractivity contribution in [3.8, 4) is 10.6 Å². The van der Waals surface area contributed by atoms with Crippen LogP contribution in [0.1, 0.15) is 28.9 Å². The largest absolute Gasteiger partial charge is 0.357 e. The second kappa shape index (κ2) is 8.06. The van der Waals surface area contributed by atoms with Crippen molar-refractivity contribution in [2.24, 2.45) is 0 Å². The van der Waals surface area contributed by atoms with Crippen molar-refractivity contribution in [1.29, 1.82) is 0 Å². The maximum absolute atomic E-state index is 12.4. The molecule has 27 heavy (non-hydrogen) atoms. The third kappa shape index (κ3) is 4.12. The number of rotatable bonds is 5. The third-order valence-corrected chi connectivity index (χ3v) is 5.82. The van der Waals surface area contributed by atoms with Crippen LogP contribution in [0.25, 0.3) is 10.6 Å². The summed E-state index contributed by atoms with van der Waals surface area (Å²) in [6, 6.07) is 11.5. The van der Waals surface area contributed by atoms with Gasteiger partial charge in [0.1, 0.15) is 16.5 Å². The van der Waals surface area contributed by atoms with Crippen LogP contribution in [0, 0.1) is 0 Å². The molecular weight excluding hydrogens is 380 g/mol. The standard InChI is InChI=1S/C20H19ClN4OS/c21-16-6-2-1-5-15(16)12-23-19(26)17-13-27-20(24-17)14-7-8-22-18(11-14)25-9-3-4-10-25/h1-2,5-8,11,13H,3-4,9-10,12H2,(H,23,26). The van der Waals surface area contributed by atoms with E-state index >= 15 is 0 Å². The summed E-state index contributed by atoms with van der Waals surface area (Å²) in [5.74, 6) is 0.774. The van der Waals surface area contributed by atoms with Gasteiger partial charge in [0.05, 0.1) is 0 Å². The van der Waals surface area contributed by atoms with Crippen LogP contribution in [-0.4, -0.2) is 29.0 Å². The van der Waals surface area contributed by atoms with Crippen molar-refractivity contribution in [3.05, 3.63) is 64.3 Å². The van der Waals surface area contributed by atoms with Crippen molar-refractivity contribution in [1.82, 2.24) is 15.3 Å². The molecule has 1 aromatic carbocycles. The maximum atomic E-state index is 12.4. The number of halogens is 1. The van der Waals surface area contributed by atoms with Crippen LogP contribution >= 0.6 is 22.9 Å². The second-order valence-electron chi connectivity index (χ2n) is 6.41. The fourth-order valence-electron chi connectivity index (χ4n) is 3.09. The van der Waals surface area contributed by atoms with Gasteiger partial charge >= 0.3 is 0 Å². The van der Waals surface area contributed by atoms with Gasteiger partial charge < -0.3 is 10.2 Å². The van der Waals surface area contributed by atoms with Crippen LogP contribution in [-0.2, 0) is 6.54 Å². The molecule has 1 fully saturated rings. The minimum Gasteiger partial charge on any atom is -0.357 e. The van der Waals surface area contributed by atoms with E-state index in [4.69, 9.17) is 11.6 Å². The summed E-state index contributed by atoms with van der Waals surface area (Å²) >= 11 is 7.59. The number of nitrogens with one attached hydrogen (secondary N) is 1. The van der Waals surface area contributed by atoms with E-state index < -0.39 is 0 Å². The average molecular weight is 399 g/mol. The molecule has 0 bridgehead atoms. The Labute approximate surface area is 167 Å². The Morgan fingerprint density at radius 3 is 2.85 bits per heavy atom. The summed E-state index contributed by atoms with van der Waals surface area (Å²) < 4.78 is 0. The number of nitrogens with zero attached hydrogens (tertiary/aromatic N) is 3. The predicted molar refractivity (Wildman–Crippen MR) is 109 cm³/mol. The average Bonchev–Trinajstić information content (AvgIpc) is 3.39. The van der Waals surface area contributed by atoms with Crippen LogP contribution in [0.3, 0.4) is 0 Å². The van der Waals surface area contributed by atoms with E-state index in [1.54, 1.807) is 5.38 Å². The van der Waals surface area contributed by atoms with Crippen LogP contribution < -0.4 is 10.2 Å². The van der Waals surface area contributed by atoms with Crippen molar-refractivity contribution < 1.29 is 4.79 Å². The summed E-state index contributed by atoms with van der Waals surface area (Å²) in [5.41, 5.74) is 2.29. The number of pyridine rings is 1. The molecule has 1 aliphatic rings. The number of benzene rings is 1. The number of carbonyl (C=O) groups is 1. The molecule has 1 aliphatic heterocycles. The lowest BCUT2D eigenvalue weighted by atomic mass is 10.2. The van der Waals surface area contributed by atoms with Gasteiger partial charge in [-0.15, -0.1) is 11.3 Å². The highest BCUT2D eigenvalue weighted by Gasteiger charge is 2.16. The molecule has 0 unspecified atom stereocenters. The zero-order valence-electron chi connectivity index (χ0n) is 14.7. The molecule has 138 valence electrons. The molecule has 7 heteroatoms. The third-order valence-electron chi connectivity index (χ3n) is 4.56. The quantitative estimate of drug-likeness (QED) is 0.692. The molecule has 1 N–H and O–H groups in total. The summed E-state index contributed by atoms with van der Waals surface area (Å²) in [5, 5.41) is 6.12. The van der Waals surface area contributed by atoms with Crippen molar-refractivity contribution in [2.75, 3.05) is 18.0 Å².